The molecule has 0 bridgehead atoms. The monoisotopic (exact) mass is 595 g/mol. The number of rotatable bonds is 5. The maximum absolute atomic E-state index is 5.41. The van der Waals surface area contributed by atoms with Gasteiger partial charge in [-0.05, 0) is 121 Å². The molecular formula is C43H37N3. The van der Waals surface area contributed by atoms with Crippen LogP contribution in [0.1, 0.15) is 33.4 Å². The Morgan fingerprint density at radius 1 is 0.391 bits per heavy atom. The van der Waals surface area contributed by atoms with Crippen LogP contribution in [0.5, 0.6) is 0 Å². The third kappa shape index (κ3) is 5.39. The zero-order valence-corrected chi connectivity index (χ0v) is 27.3. The fraction of sp³-hybridized carbons (Fsp3) is 0.140. The van der Waals surface area contributed by atoms with Gasteiger partial charge in [0.1, 0.15) is 0 Å². The number of aromatic nitrogens is 3. The summed E-state index contributed by atoms with van der Waals surface area (Å²) in [7, 11) is 0. The lowest BCUT2D eigenvalue weighted by atomic mass is 9.85. The minimum absolute atomic E-state index is 0.874. The van der Waals surface area contributed by atoms with Gasteiger partial charge in [-0.3, -0.25) is 4.98 Å². The molecule has 0 spiro atoms. The molecule has 2 heterocycles. The SMILES string of the molecule is Cc1cc(C)c(-c2cc3nc(-c4ccccc4)c(-c4ccc(-c5ccncc5)cc4)nc3cc2-c2c(C)cc(C)cc2C)c(C)c1. The van der Waals surface area contributed by atoms with Crippen LogP contribution in [0, 0.1) is 41.5 Å². The highest BCUT2D eigenvalue weighted by Crippen LogP contribution is 2.42. The van der Waals surface area contributed by atoms with Gasteiger partial charge in [0.15, 0.2) is 0 Å². The summed E-state index contributed by atoms with van der Waals surface area (Å²) >= 11 is 0. The Kier molecular flexibility index (Phi) is 7.54. The lowest BCUT2D eigenvalue weighted by Crippen LogP contribution is -2.00. The van der Waals surface area contributed by atoms with Crippen molar-refractivity contribution in [1.82, 2.24) is 15.0 Å². The molecule has 2 aromatic heterocycles. The Hall–Kier alpha value is -5.41. The van der Waals surface area contributed by atoms with Crippen LogP contribution in [0.25, 0.3) is 66.9 Å². The molecule has 0 aliphatic rings. The summed E-state index contributed by atoms with van der Waals surface area (Å²) in [5.74, 6) is 0. The summed E-state index contributed by atoms with van der Waals surface area (Å²) in [6, 6.07) is 36.8. The Labute approximate surface area is 271 Å². The van der Waals surface area contributed by atoms with Crippen molar-refractivity contribution in [3.05, 3.63) is 149 Å². The standard InChI is InChI=1S/C43H37N3/c1-26-20-28(3)40(29(4)21-26)36-24-38-39(25-37(36)41-30(5)22-27(2)23-31(41)6)46-43(42(45-38)34-10-8-7-9-11-34)35-14-12-32(13-15-35)33-16-18-44-19-17-33/h7-25H,1-6H3. The lowest BCUT2D eigenvalue weighted by Gasteiger charge is -2.20. The minimum Gasteiger partial charge on any atom is -0.265 e. The number of aryl methyl sites for hydroxylation is 6. The topological polar surface area (TPSA) is 38.7 Å². The first-order valence-corrected chi connectivity index (χ1v) is 15.9. The molecule has 0 aliphatic carbocycles. The second kappa shape index (κ2) is 11.8. The van der Waals surface area contributed by atoms with Crippen molar-refractivity contribution in [2.75, 3.05) is 0 Å². The van der Waals surface area contributed by atoms with E-state index in [-0.39, 0.29) is 0 Å². The first kappa shape index (κ1) is 29.3. The van der Waals surface area contributed by atoms with Gasteiger partial charge in [-0.2, -0.15) is 0 Å². The van der Waals surface area contributed by atoms with Crippen LogP contribution in [0.4, 0.5) is 0 Å². The highest BCUT2D eigenvalue weighted by molar-refractivity contribution is 5.98. The average Bonchev–Trinajstić information content (AvgIpc) is 3.04. The van der Waals surface area contributed by atoms with Crippen molar-refractivity contribution in [3.63, 3.8) is 0 Å². The number of fused-ring (bicyclic) bond motifs is 1. The van der Waals surface area contributed by atoms with E-state index in [0.717, 1.165) is 44.7 Å². The third-order valence-corrected chi connectivity index (χ3v) is 8.92. The van der Waals surface area contributed by atoms with Gasteiger partial charge in [0.2, 0.25) is 0 Å². The molecule has 3 nitrogen and oxygen atoms in total. The van der Waals surface area contributed by atoms with Crippen LogP contribution < -0.4 is 0 Å². The number of nitrogens with zero attached hydrogens (tertiary/aromatic N) is 3. The van der Waals surface area contributed by atoms with E-state index in [1.807, 2.05) is 30.6 Å². The summed E-state index contributed by atoms with van der Waals surface area (Å²) in [4.78, 5) is 15.0. The third-order valence-electron chi connectivity index (χ3n) is 8.92. The molecule has 0 unspecified atom stereocenters. The largest absolute Gasteiger partial charge is 0.265 e. The Morgan fingerprint density at radius 3 is 1.24 bits per heavy atom. The fourth-order valence-corrected chi connectivity index (χ4v) is 7.09. The molecule has 0 saturated heterocycles. The summed E-state index contributed by atoms with van der Waals surface area (Å²) in [6.45, 7) is 13.2. The van der Waals surface area contributed by atoms with Gasteiger partial charge in [-0.1, -0.05) is 90.0 Å². The zero-order valence-electron chi connectivity index (χ0n) is 27.3. The van der Waals surface area contributed by atoms with E-state index in [2.05, 4.69) is 131 Å². The van der Waals surface area contributed by atoms with Gasteiger partial charge in [-0.15, -0.1) is 0 Å². The van der Waals surface area contributed by atoms with Crippen LogP contribution in [-0.2, 0) is 0 Å². The first-order valence-electron chi connectivity index (χ1n) is 15.9. The van der Waals surface area contributed by atoms with E-state index in [1.54, 1.807) is 0 Å². The van der Waals surface area contributed by atoms with Crippen LogP contribution in [0.2, 0.25) is 0 Å². The zero-order chi connectivity index (χ0) is 31.9. The van der Waals surface area contributed by atoms with Crippen molar-refractivity contribution in [2.24, 2.45) is 0 Å². The molecular weight excluding hydrogens is 558 g/mol. The van der Waals surface area contributed by atoms with Gasteiger partial charge in [0, 0.05) is 23.5 Å². The second-order valence-electron chi connectivity index (χ2n) is 12.5. The molecule has 0 amide bonds. The summed E-state index contributed by atoms with van der Waals surface area (Å²) in [5, 5.41) is 0. The van der Waals surface area contributed by atoms with Gasteiger partial charge >= 0.3 is 0 Å². The predicted molar refractivity (Wildman–Crippen MR) is 193 cm³/mol. The summed E-state index contributed by atoms with van der Waals surface area (Å²) < 4.78 is 0. The number of pyridine rings is 1. The lowest BCUT2D eigenvalue weighted by molar-refractivity contribution is 1.28. The van der Waals surface area contributed by atoms with Crippen molar-refractivity contribution in [3.8, 4) is 55.9 Å². The molecule has 3 heteroatoms. The minimum atomic E-state index is 0.874. The second-order valence-corrected chi connectivity index (χ2v) is 12.5. The molecule has 5 aromatic carbocycles. The highest BCUT2D eigenvalue weighted by atomic mass is 14.8. The van der Waals surface area contributed by atoms with Crippen LogP contribution >= 0.6 is 0 Å². The van der Waals surface area contributed by atoms with Gasteiger partial charge in [-0.25, -0.2) is 9.97 Å². The number of hydrogen-bond donors (Lipinski definition) is 0. The maximum Gasteiger partial charge on any atom is 0.0973 e. The molecule has 7 rings (SSSR count). The van der Waals surface area contributed by atoms with E-state index >= 15 is 0 Å². The van der Waals surface area contributed by atoms with E-state index < -0.39 is 0 Å². The molecule has 224 valence electrons. The van der Waals surface area contributed by atoms with Gasteiger partial charge in [0.25, 0.3) is 0 Å². The Morgan fingerprint density at radius 2 is 0.783 bits per heavy atom. The normalized spacial score (nSPS) is 11.3. The fourth-order valence-electron chi connectivity index (χ4n) is 7.09. The molecule has 7 aromatic rings. The van der Waals surface area contributed by atoms with Gasteiger partial charge in [0.05, 0.1) is 22.4 Å². The quantitative estimate of drug-likeness (QED) is 0.199. The van der Waals surface area contributed by atoms with E-state index in [9.17, 15) is 0 Å². The Balaban J connectivity index is 1.52. The highest BCUT2D eigenvalue weighted by Gasteiger charge is 2.20. The molecule has 46 heavy (non-hydrogen) atoms. The molecule has 0 atom stereocenters. The van der Waals surface area contributed by atoms with E-state index in [0.29, 0.717) is 0 Å². The molecule has 0 saturated carbocycles. The number of benzene rings is 5. The molecule has 0 radical (unpaired) electrons. The van der Waals surface area contributed by atoms with Crippen LogP contribution in [-0.4, -0.2) is 15.0 Å². The van der Waals surface area contributed by atoms with Crippen molar-refractivity contribution in [1.29, 1.82) is 0 Å². The van der Waals surface area contributed by atoms with Crippen LogP contribution in [0.3, 0.4) is 0 Å². The van der Waals surface area contributed by atoms with E-state index in [4.69, 9.17) is 9.97 Å². The summed E-state index contributed by atoms with van der Waals surface area (Å²) in [6.07, 6.45) is 3.66. The molecule has 0 fully saturated rings. The van der Waals surface area contributed by atoms with Crippen LogP contribution in [0.15, 0.2) is 116 Å². The Bertz CT molecular complexity index is 2190. The maximum atomic E-state index is 5.41. The number of hydrogen-bond acceptors (Lipinski definition) is 3. The van der Waals surface area contributed by atoms with Crippen molar-refractivity contribution < 1.29 is 0 Å². The molecule has 0 N–H and O–H groups in total. The predicted octanol–water partition coefficient (Wildman–Crippen LogP) is 11.2. The van der Waals surface area contributed by atoms with Crippen molar-refractivity contribution >= 4 is 11.0 Å². The first-order chi connectivity index (χ1) is 22.3. The smallest absolute Gasteiger partial charge is 0.0973 e. The average molecular weight is 596 g/mol. The molecule has 0 aliphatic heterocycles. The van der Waals surface area contributed by atoms with E-state index in [1.165, 1.54) is 55.6 Å². The van der Waals surface area contributed by atoms with Gasteiger partial charge < -0.3 is 0 Å². The summed E-state index contributed by atoms with van der Waals surface area (Å²) in [5.41, 5.74) is 20.4. The van der Waals surface area contributed by atoms with Crippen molar-refractivity contribution in [2.45, 2.75) is 41.5 Å².